The van der Waals surface area contributed by atoms with Gasteiger partial charge in [0.1, 0.15) is 6.73 Å². The Bertz CT molecular complexity index is 172. The second kappa shape index (κ2) is 1.92. The van der Waals surface area contributed by atoms with Crippen LogP contribution in [0.1, 0.15) is 5.69 Å². The first-order valence-electron chi connectivity index (χ1n) is 2.30. The number of aryl methyl sites for hydroxylation is 1. The third kappa shape index (κ3) is 0.840. The molecule has 0 aromatic carbocycles. The van der Waals surface area contributed by atoms with E-state index in [4.69, 9.17) is 5.11 Å². The molecule has 0 aliphatic rings. The average molecular weight is 113 g/mol. The van der Waals surface area contributed by atoms with Gasteiger partial charge in [-0.15, -0.1) is 5.10 Å². The summed E-state index contributed by atoms with van der Waals surface area (Å²) >= 11 is 0. The molecular formula is C4H7N3O. The van der Waals surface area contributed by atoms with Gasteiger partial charge in [0.25, 0.3) is 0 Å². The van der Waals surface area contributed by atoms with Gasteiger partial charge in [-0.3, -0.25) is 0 Å². The average Bonchev–Trinajstić information content (AvgIpc) is 2.14. The van der Waals surface area contributed by atoms with E-state index in [-0.39, 0.29) is 6.73 Å². The van der Waals surface area contributed by atoms with E-state index in [9.17, 15) is 0 Å². The number of hydrogen-bond donors (Lipinski definition) is 1. The van der Waals surface area contributed by atoms with Crippen molar-refractivity contribution in [1.29, 1.82) is 0 Å². The Labute approximate surface area is 46.8 Å². The summed E-state index contributed by atoms with van der Waals surface area (Å²) in [5.74, 6) is 0. The van der Waals surface area contributed by atoms with Crippen LogP contribution in [0.25, 0.3) is 0 Å². The molecule has 0 saturated heterocycles. The van der Waals surface area contributed by atoms with Gasteiger partial charge in [0.15, 0.2) is 0 Å². The van der Waals surface area contributed by atoms with Gasteiger partial charge in [-0.25, -0.2) is 4.68 Å². The molecular weight excluding hydrogens is 106 g/mol. The van der Waals surface area contributed by atoms with Gasteiger partial charge in [0, 0.05) is 0 Å². The predicted octanol–water partition coefficient (Wildman–Crippen LogP) is -0.464. The van der Waals surface area contributed by atoms with Crippen LogP contribution in [-0.4, -0.2) is 20.1 Å². The molecule has 1 rings (SSSR count). The lowest BCUT2D eigenvalue weighted by molar-refractivity contribution is 0.192. The van der Waals surface area contributed by atoms with Gasteiger partial charge >= 0.3 is 0 Å². The van der Waals surface area contributed by atoms with Crippen LogP contribution >= 0.6 is 0 Å². The molecule has 0 amide bonds. The van der Waals surface area contributed by atoms with E-state index in [1.54, 1.807) is 6.20 Å². The largest absolute Gasteiger partial charge is 0.374 e. The fourth-order valence-corrected chi connectivity index (χ4v) is 0.464. The van der Waals surface area contributed by atoms with E-state index in [2.05, 4.69) is 10.3 Å². The molecule has 1 N–H and O–H groups in total. The summed E-state index contributed by atoms with van der Waals surface area (Å²) < 4.78 is 1.36. The zero-order valence-corrected chi connectivity index (χ0v) is 4.57. The molecule has 1 aromatic heterocycles. The molecule has 4 nitrogen and oxygen atoms in total. The van der Waals surface area contributed by atoms with Crippen molar-refractivity contribution in [3.8, 4) is 0 Å². The van der Waals surface area contributed by atoms with Crippen molar-refractivity contribution >= 4 is 0 Å². The van der Waals surface area contributed by atoms with E-state index in [0.717, 1.165) is 5.69 Å². The van der Waals surface area contributed by atoms with Crippen LogP contribution in [0.3, 0.4) is 0 Å². The summed E-state index contributed by atoms with van der Waals surface area (Å²) in [6.45, 7) is 1.72. The third-order valence-corrected chi connectivity index (χ3v) is 0.798. The molecule has 0 bridgehead atoms. The summed E-state index contributed by atoms with van der Waals surface area (Å²) in [5, 5.41) is 15.6. The lowest BCUT2D eigenvalue weighted by Crippen LogP contribution is -1.95. The van der Waals surface area contributed by atoms with Crippen LogP contribution in [0.2, 0.25) is 0 Å². The first kappa shape index (κ1) is 5.24. The Morgan fingerprint density at radius 3 is 2.88 bits per heavy atom. The van der Waals surface area contributed by atoms with Crippen LogP contribution in [0.4, 0.5) is 0 Å². The summed E-state index contributed by atoms with van der Waals surface area (Å²) in [5.41, 5.74) is 0.819. The molecule has 0 aliphatic heterocycles. The summed E-state index contributed by atoms with van der Waals surface area (Å²) in [6, 6.07) is 0. The van der Waals surface area contributed by atoms with E-state index < -0.39 is 0 Å². The van der Waals surface area contributed by atoms with Gasteiger partial charge in [-0.2, -0.15) is 0 Å². The minimum absolute atomic E-state index is 0.0964. The van der Waals surface area contributed by atoms with E-state index in [0.29, 0.717) is 0 Å². The molecule has 0 fully saturated rings. The van der Waals surface area contributed by atoms with Gasteiger partial charge < -0.3 is 5.11 Å². The van der Waals surface area contributed by atoms with Crippen LogP contribution < -0.4 is 0 Å². The van der Waals surface area contributed by atoms with Crippen LogP contribution in [0.5, 0.6) is 0 Å². The van der Waals surface area contributed by atoms with Crippen molar-refractivity contribution in [2.75, 3.05) is 0 Å². The smallest absolute Gasteiger partial charge is 0.137 e. The van der Waals surface area contributed by atoms with Crippen molar-refractivity contribution in [1.82, 2.24) is 15.0 Å². The summed E-state index contributed by atoms with van der Waals surface area (Å²) in [6.07, 6.45) is 1.67. The van der Waals surface area contributed by atoms with Crippen molar-refractivity contribution < 1.29 is 5.11 Å². The Hall–Kier alpha value is -0.900. The van der Waals surface area contributed by atoms with E-state index >= 15 is 0 Å². The topological polar surface area (TPSA) is 50.9 Å². The van der Waals surface area contributed by atoms with Gasteiger partial charge in [-0.1, -0.05) is 5.21 Å². The number of aliphatic hydroxyl groups excluding tert-OH is 1. The molecule has 8 heavy (non-hydrogen) atoms. The summed E-state index contributed by atoms with van der Waals surface area (Å²) in [4.78, 5) is 0. The lowest BCUT2D eigenvalue weighted by Gasteiger charge is -1.85. The first-order valence-corrected chi connectivity index (χ1v) is 2.30. The van der Waals surface area contributed by atoms with Crippen molar-refractivity contribution in [2.45, 2.75) is 13.7 Å². The number of aliphatic hydroxyl groups is 1. The monoisotopic (exact) mass is 113 g/mol. The molecule has 0 unspecified atom stereocenters. The van der Waals surface area contributed by atoms with Crippen LogP contribution in [-0.2, 0) is 6.73 Å². The quantitative estimate of drug-likeness (QED) is 0.536. The molecule has 0 aliphatic carbocycles. The molecule has 0 spiro atoms. The Kier molecular flexibility index (Phi) is 1.26. The second-order valence-electron chi connectivity index (χ2n) is 1.54. The maximum Gasteiger partial charge on any atom is 0.137 e. The standard InChI is InChI=1S/C4H7N3O/c1-4-2-7(3-8)6-5-4/h2,8H,3H2,1H3. The fourth-order valence-electron chi connectivity index (χ4n) is 0.464. The number of nitrogens with zero attached hydrogens (tertiary/aromatic N) is 3. The maximum absolute atomic E-state index is 8.41. The van der Waals surface area contributed by atoms with Crippen LogP contribution in [0, 0.1) is 6.92 Å². The highest BCUT2D eigenvalue weighted by Crippen LogP contribution is 1.85. The van der Waals surface area contributed by atoms with Crippen molar-refractivity contribution in [2.24, 2.45) is 0 Å². The highest BCUT2D eigenvalue weighted by Gasteiger charge is 1.88. The van der Waals surface area contributed by atoms with Crippen molar-refractivity contribution in [3.63, 3.8) is 0 Å². The number of rotatable bonds is 1. The fraction of sp³-hybridized carbons (Fsp3) is 0.500. The Morgan fingerprint density at radius 1 is 1.88 bits per heavy atom. The van der Waals surface area contributed by atoms with Gasteiger partial charge in [-0.05, 0) is 6.92 Å². The summed E-state index contributed by atoms with van der Waals surface area (Å²) in [7, 11) is 0. The second-order valence-corrected chi connectivity index (χ2v) is 1.54. The molecule has 4 heteroatoms. The highest BCUT2D eigenvalue weighted by molar-refractivity contribution is 4.85. The zero-order valence-electron chi connectivity index (χ0n) is 4.57. The zero-order chi connectivity index (χ0) is 5.98. The normalized spacial score (nSPS) is 9.75. The van der Waals surface area contributed by atoms with E-state index in [1.165, 1.54) is 4.68 Å². The minimum atomic E-state index is -0.0964. The van der Waals surface area contributed by atoms with Crippen LogP contribution in [0.15, 0.2) is 6.20 Å². The third-order valence-electron chi connectivity index (χ3n) is 0.798. The molecule has 0 atom stereocenters. The molecule has 0 saturated carbocycles. The molecule has 1 aromatic rings. The molecule has 44 valence electrons. The number of aromatic nitrogens is 3. The van der Waals surface area contributed by atoms with E-state index in [1.807, 2.05) is 6.92 Å². The lowest BCUT2D eigenvalue weighted by atomic mass is 10.6. The SMILES string of the molecule is Cc1cn(CO)nn1. The van der Waals surface area contributed by atoms with Gasteiger partial charge in [0.2, 0.25) is 0 Å². The maximum atomic E-state index is 8.41. The van der Waals surface area contributed by atoms with Crippen molar-refractivity contribution in [3.05, 3.63) is 11.9 Å². The highest BCUT2D eigenvalue weighted by atomic mass is 16.3. The Balaban J connectivity index is 2.84. The molecule has 1 heterocycles. The predicted molar refractivity (Wildman–Crippen MR) is 27.0 cm³/mol. The Morgan fingerprint density at radius 2 is 2.62 bits per heavy atom. The molecule has 0 radical (unpaired) electrons. The minimum Gasteiger partial charge on any atom is -0.374 e. The first-order chi connectivity index (χ1) is 3.83. The van der Waals surface area contributed by atoms with Gasteiger partial charge in [0.05, 0.1) is 11.9 Å². The number of hydrogen-bond acceptors (Lipinski definition) is 3.